The smallest absolute Gasteiger partial charge is 0.134 e. The largest absolute Gasteiger partial charge is 0.399 e. The Bertz CT molecular complexity index is 496. The molecule has 0 aliphatic heterocycles. The Kier molecular flexibility index (Phi) is 3.31. The fourth-order valence-electron chi connectivity index (χ4n) is 1.29. The lowest BCUT2D eigenvalue weighted by atomic mass is 10.3. The van der Waals surface area contributed by atoms with Crippen LogP contribution in [-0.4, -0.2) is 4.98 Å². The van der Waals surface area contributed by atoms with Gasteiger partial charge in [0.05, 0.1) is 0 Å². The van der Waals surface area contributed by atoms with Crippen LogP contribution >= 0.6 is 27.5 Å². The van der Waals surface area contributed by atoms with Crippen LogP contribution < -0.4 is 11.1 Å². The van der Waals surface area contributed by atoms with Gasteiger partial charge in [-0.3, -0.25) is 0 Å². The van der Waals surface area contributed by atoms with Crippen LogP contribution in [0.5, 0.6) is 0 Å². The van der Waals surface area contributed by atoms with Crippen LogP contribution in [0.3, 0.4) is 0 Å². The summed E-state index contributed by atoms with van der Waals surface area (Å²) in [5.74, 6) is 0.628. The molecule has 1 heterocycles. The van der Waals surface area contributed by atoms with Crippen LogP contribution in [0.4, 0.5) is 17.2 Å². The van der Waals surface area contributed by atoms with Gasteiger partial charge < -0.3 is 11.1 Å². The molecule has 0 aliphatic rings. The van der Waals surface area contributed by atoms with E-state index in [4.69, 9.17) is 17.3 Å². The van der Waals surface area contributed by atoms with E-state index >= 15 is 0 Å². The average molecular weight is 299 g/mol. The summed E-state index contributed by atoms with van der Waals surface area (Å²) in [6.45, 7) is 0. The molecule has 0 bridgehead atoms. The van der Waals surface area contributed by atoms with Gasteiger partial charge in [-0.15, -0.1) is 0 Å². The average Bonchev–Trinajstić information content (AvgIpc) is 2.15. The zero-order valence-corrected chi connectivity index (χ0v) is 10.6. The third kappa shape index (κ3) is 2.87. The highest BCUT2D eigenvalue weighted by Gasteiger charge is 2.00. The van der Waals surface area contributed by atoms with E-state index in [1.165, 1.54) is 0 Å². The highest BCUT2D eigenvalue weighted by molar-refractivity contribution is 9.10. The maximum absolute atomic E-state index is 5.81. The van der Waals surface area contributed by atoms with Crippen molar-refractivity contribution < 1.29 is 0 Å². The second kappa shape index (κ2) is 4.72. The molecule has 16 heavy (non-hydrogen) atoms. The van der Waals surface area contributed by atoms with Gasteiger partial charge in [0.2, 0.25) is 0 Å². The summed E-state index contributed by atoms with van der Waals surface area (Å²) in [5, 5.41) is 3.49. The van der Waals surface area contributed by atoms with E-state index in [2.05, 4.69) is 26.2 Å². The highest BCUT2D eigenvalue weighted by atomic mass is 79.9. The lowest BCUT2D eigenvalue weighted by Crippen LogP contribution is -1.95. The number of benzene rings is 1. The van der Waals surface area contributed by atoms with Gasteiger partial charge in [0.25, 0.3) is 0 Å². The van der Waals surface area contributed by atoms with Gasteiger partial charge in [-0.25, -0.2) is 4.98 Å². The molecule has 3 N–H and O–H groups in total. The number of nitrogens with two attached hydrogens (primary N) is 1. The number of nitrogens with zero attached hydrogens (tertiary/aromatic N) is 1. The molecule has 3 nitrogen and oxygen atoms in total. The standard InChI is InChI=1S/C11H9BrClN3/c12-7-2-1-3-9(4-7)15-11-6-8(14)5-10(13)16-11/h1-6H,(H3,14,15,16). The minimum atomic E-state index is 0.373. The number of nitrogens with one attached hydrogen (secondary N) is 1. The molecule has 0 unspecified atom stereocenters. The minimum absolute atomic E-state index is 0.373. The predicted octanol–water partition coefficient (Wildman–Crippen LogP) is 3.82. The van der Waals surface area contributed by atoms with Gasteiger partial charge in [-0.2, -0.15) is 0 Å². The Morgan fingerprint density at radius 3 is 2.75 bits per heavy atom. The van der Waals surface area contributed by atoms with E-state index in [1.807, 2.05) is 24.3 Å². The maximum atomic E-state index is 5.81. The maximum Gasteiger partial charge on any atom is 0.134 e. The number of aromatic nitrogens is 1. The molecule has 2 rings (SSSR count). The van der Waals surface area contributed by atoms with E-state index in [0.717, 1.165) is 10.2 Å². The molecule has 0 fully saturated rings. The van der Waals surface area contributed by atoms with Crippen molar-refractivity contribution in [2.75, 3.05) is 11.1 Å². The van der Waals surface area contributed by atoms with Crippen LogP contribution in [0.1, 0.15) is 0 Å². The molecule has 0 atom stereocenters. The van der Waals surface area contributed by atoms with E-state index in [-0.39, 0.29) is 0 Å². The van der Waals surface area contributed by atoms with Gasteiger partial charge in [-0.05, 0) is 24.3 Å². The first kappa shape index (κ1) is 11.2. The minimum Gasteiger partial charge on any atom is -0.399 e. The second-order valence-corrected chi connectivity index (χ2v) is 4.55. The lowest BCUT2D eigenvalue weighted by molar-refractivity contribution is 1.31. The first-order chi connectivity index (χ1) is 7.63. The topological polar surface area (TPSA) is 50.9 Å². The molecule has 0 amide bonds. The molecule has 82 valence electrons. The van der Waals surface area contributed by atoms with Crippen molar-refractivity contribution in [3.8, 4) is 0 Å². The van der Waals surface area contributed by atoms with Crippen molar-refractivity contribution in [1.29, 1.82) is 0 Å². The number of nitrogen functional groups attached to an aromatic ring is 1. The molecule has 1 aromatic heterocycles. The Morgan fingerprint density at radius 2 is 2.06 bits per heavy atom. The van der Waals surface area contributed by atoms with Crippen LogP contribution in [0.25, 0.3) is 0 Å². The molecule has 0 spiro atoms. The van der Waals surface area contributed by atoms with Gasteiger partial charge in [0.1, 0.15) is 11.0 Å². The normalized spacial score (nSPS) is 10.1. The predicted molar refractivity (Wildman–Crippen MR) is 71.1 cm³/mol. The molecule has 1 aromatic carbocycles. The third-order valence-corrected chi connectivity index (χ3v) is 2.60. The summed E-state index contributed by atoms with van der Waals surface area (Å²) in [4.78, 5) is 4.12. The summed E-state index contributed by atoms with van der Waals surface area (Å²) >= 11 is 9.20. The van der Waals surface area contributed by atoms with Gasteiger partial charge in [0.15, 0.2) is 0 Å². The molecule has 0 aliphatic carbocycles. The Balaban J connectivity index is 2.27. The third-order valence-electron chi connectivity index (χ3n) is 1.91. The number of anilines is 3. The van der Waals surface area contributed by atoms with Crippen LogP contribution in [-0.2, 0) is 0 Å². The number of rotatable bonds is 2. The lowest BCUT2D eigenvalue weighted by Gasteiger charge is -2.07. The number of hydrogen-bond donors (Lipinski definition) is 2. The monoisotopic (exact) mass is 297 g/mol. The number of halogens is 2. The van der Waals surface area contributed by atoms with E-state index in [1.54, 1.807) is 12.1 Å². The van der Waals surface area contributed by atoms with E-state index in [0.29, 0.717) is 16.7 Å². The first-order valence-electron chi connectivity index (χ1n) is 4.59. The Morgan fingerprint density at radius 1 is 1.25 bits per heavy atom. The summed E-state index contributed by atoms with van der Waals surface area (Å²) in [6.07, 6.45) is 0. The quantitative estimate of drug-likeness (QED) is 0.829. The summed E-state index contributed by atoms with van der Waals surface area (Å²) in [7, 11) is 0. The van der Waals surface area contributed by atoms with Gasteiger partial charge >= 0.3 is 0 Å². The zero-order valence-electron chi connectivity index (χ0n) is 8.24. The summed E-state index contributed by atoms with van der Waals surface area (Å²) < 4.78 is 0.993. The molecule has 2 aromatic rings. The fourth-order valence-corrected chi connectivity index (χ4v) is 1.91. The highest BCUT2D eigenvalue weighted by Crippen LogP contribution is 2.22. The molecular formula is C11H9BrClN3. The second-order valence-electron chi connectivity index (χ2n) is 3.24. The zero-order chi connectivity index (χ0) is 11.5. The molecule has 0 saturated heterocycles. The van der Waals surface area contributed by atoms with Crippen LogP contribution in [0.15, 0.2) is 40.9 Å². The summed E-state index contributed by atoms with van der Waals surface area (Å²) in [6, 6.07) is 11.1. The fraction of sp³-hybridized carbons (Fsp3) is 0. The number of pyridine rings is 1. The summed E-state index contributed by atoms with van der Waals surface area (Å²) in [5.41, 5.74) is 7.17. The Labute approximate surface area is 107 Å². The SMILES string of the molecule is Nc1cc(Cl)nc(Nc2cccc(Br)c2)c1. The van der Waals surface area contributed by atoms with Crippen LogP contribution in [0, 0.1) is 0 Å². The van der Waals surface area contributed by atoms with Crippen molar-refractivity contribution in [1.82, 2.24) is 4.98 Å². The van der Waals surface area contributed by atoms with Crippen molar-refractivity contribution in [2.24, 2.45) is 0 Å². The molecule has 0 saturated carbocycles. The van der Waals surface area contributed by atoms with Crippen LogP contribution in [0.2, 0.25) is 5.15 Å². The Hall–Kier alpha value is -1.26. The molecule has 5 heteroatoms. The van der Waals surface area contributed by atoms with Gasteiger partial charge in [-0.1, -0.05) is 33.6 Å². The number of hydrogen-bond acceptors (Lipinski definition) is 3. The molecular weight excluding hydrogens is 289 g/mol. The van der Waals surface area contributed by atoms with Crippen molar-refractivity contribution in [3.05, 3.63) is 46.0 Å². The van der Waals surface area contributed by atoms with Crippen molar-refractivity contribution >= 4 is 44.7 Å². The van der Waals surface area contributed by atoms with Gasteiger partial charge in [0, 0.05) is 21.9 Å². The van der Waals surface area contributed by atoms with E-state index < -0.39 is 0 Å². The molecule has 0 radical (unpaired) electrons. The van der Waals surface area contributed by atoms with E-state index in [9.17, 15) is 0 Å². The van der Waals surface area contributed by atoms with Crippen molar-refractivity contribution in [2.45, 2.75) is 0 Å². The first-order valence-corrected chi connectivity index (χ1v) is 5.76. The van der Waals surface area contributed by atoms with Crippen molar-refractivity contribution in [3.63, 3.8) is 0 Å².